The van der Waals surface area contributed by atoms with Gasteiger partial charge in [0.25, 0.3) is 5.91 Å². The first-order valence-electron chi connectivity index (χ1n) is 7.79. The van der Waals surface area contributed by atoms with Crippen LogP contribution in [0, 0.1) is 17.5 Å². The molecule has 0 radical (unpaired) electrons. The topological polar surface area (TPSA) is 49.4 Å². The fourth-order valence-corrected chi connectivity index (χ4v) is 2.87. The molecule has 2 amide bonds. The standard InChI is InChI=1S/C18H15F3N2O2/c19-13-5-2-1-4-12(13)18(25)23-9-3-6-16(23)17(24)22-11-7-8-14(20)15(21)10-11/h1-2,4-5,7-8,10,16H,3,6,9H2,(H,22,24)/t16-/m1/s1. The van der Waals surface area contributed by atoms with Crippen molar-refractivity contribution < 1.29 is 22.8 Å². The molecule has 130 valence electrons. The van der Waals surface area contributed by atoms with Crippen LogP contribution in [0.2, 0.25) is 0 Å². The predicted molar refractivity (Wildman–Crippen MR) is 85.4 cm³/mol. The number of hydrogen-bond acceptors (Lipinski definition) is 2. The highest BCUT2D eigenvalue weighted by molar-refractivity contribution is 6.01. The molecule has 0 unspecified atom stereocenters. The number of anilines is 1. The number of nitrogens with zero attached hydrogens (tertiary/aromatic N) is 1. The summed E-state index contributed by atoms with van der Waals surface area (Å²) in [6.45, 7) is 0.322. The van der Waals surface area contributed by atoms with Gasteiger partial charge in [-0.1, -0.05) is 12.1 Å². The molecule has 3 rings (SSSR count). The fraction of sp³-hybridized carbons (Fsp3) is 0.222. The van der Waals surface area contributed by atoms with E-state index < -0.39 is 35.3 Å². The number of amides is 2. The first kappa shape index (κ1) is 17.0. The Morgan fingerprint density at radius 3 is 2.48 bits per heavy atom. The Bertz CT molecular complexity index is 826. The second-order valence-corrected chi connectivity index (χ2v) is 5.75. The summed E-state index contributed by atoms with van der Waals surface area (Å²) >= 11 is 0. The zero-order chi connectivity index (χ0) is 18.0. The average Bonchev–Trinajstić information content (AvgIpc) is 3.08. The molecule has 1 N–H and O–H groups in total. The highest BCUT2D eigenvalue weighted by atomic mass is 19.2. The quantitative estimate of drug-likeness (QED) is 0.925. The molecule has 0 aromatic heterocycles. The number of benzene rings is 2. The summed E-state index contributed by atoms with van der Waals surface area (Å²) in [5.74, 6) is -3.84. The molecule has 2 aromatic carbocycles. The number of hydrogen-bond donors (Lipinski definition) is 1. The van der Waals surface area contributed by atoms with Gasteiger partial charge in [-0.25, -0.2) is 13.2 Å². The molecular weight excluding hydrogens is 333 g/mol. The van der Waals surface area contributed by atoms with Crippen LogP contribution in [0.3, 0.4) is 0 Å². The van der Waals surface area contributed by atoms with E-state index in [4.69, 9.17) is 0 Å². The van der Waals surface area contributed by atoms with Crippen LogP contribution in [0.5, 0.6) is 0 Å². The molecule has 0 saturated carbocycles. The van der Waals surface area contributed by atoms with Crippen LogP contribution in [0.4, 0.5) is 18.9 Å². The monoisotopic (exact) mass is 348 g/mol. The summed E-state index contributed by atoms with van der Waals surface area (Å²) in [7, 11) is 0. The fourth-order valence-electron chi connectivity index (χ4n) is 2.87. The number of nitrogens with one attached hydrogen (secondary N) is 1. The number of carbonyl (C=O) groups is 2. The third kappa shape index (κ3) is 3.50. The maximum atomic E-state index is 13.8. The third-order valence-corrected chi connectivity index (χ3v) is 4.11. The van der Waals surface area contributed by atoms with Crippen LogP contribution < -0.4 is 5.32 Å². The lowest BCUT2D eigenvalue weighted by Gasteiger charge is -2.24. The van der Waals surface area contributed by atoms with Crippen LogP contribution in [0.1, 0.15) is 23.2 Å². The minimum absolute atomic E-state index is 0.0918. The van der Waals surface area contributed by atoms with Gasteiger partial charge in [-0.05, 0) is 37.1 Å². The zero-order valence-electron chi connectivity index (χ0n) is 13.1. The lowest BCUT2D eigenvalue weighted by molar-refractivity contribution is -0.119. The molecule has 4 nitrogen and oxygen atoms in total. The summed E-state index contributed by atoms with van der Waals surface area (Å²) in [5, 5.41) is 2.47. The van der Waals surface area contributed by atoms with Gasteiger partial charge in [0.05, 0.1) is 5.56 Å². The van der Waals surface area contributed by atoms with E-state index in [9.17, 15) is 22.8 Å². The van der Waals surface area contributed by atoms with Crippen molar-refractivity contribution in [2.75, 3.05) is 11.9 Å². The van der Waals surface area contributed by atoms with Gasteiger partial charge in [0.15, 0.2) is 11.6 Å². The maximum absolute atomic E-state index is 13.8. The average molecular weight is 348 g/mol. The van der Waals surface area contributed by atoms with E-state index in [0.717, 1.165) is 12.1 Å². The first-order valence-corrected chi connectivity index (χ1v) is 7.79. The maximum Gasteiger partial charge on any atom is 0.257 e. The summed E-state index contributed by atoms with van der Waals surface area (Å²) in [6, 6.07) is 7.77. The SMILES string of the molecule is O=C(Nc1ccc(F)c(F)c1)[C@H]1CCCN1C(=O)c1ccccc1F. The van der Waals surface area contributed by atoms with Gasteiger partial charge in [0, 0.05) is 18.3 Å². The van der Waals surface area contributed by atoms with Gasteiger partial charge in [0.1, 0.15) is 11.9 Å². The lowest BCUT2D eigenvalue weighted by Crippen LogP contribution is -2.43. The van der Waals surface area contributed by atoms with Crippen molar-refractivity contribution in [2.24, 2.45) is 0 Å². The molecule has 1 fully saturated rings. The number of carbonyl (C=O) groups excluding carboxylic acids is 2. The zero-order valence-corrected chi connectivity index (χ0v) is 13.1. The highest BCUT2D eigenvalue weighted by Crippen LogP contribution is 2.23. The Balaban J connectivity index is 1.76. The smallest absolute Gasteiger partial charge is 0.257 e. The Hall–Kier alpha value is -2.83. The Kier molecular flexibility index (Phi) is 4.74. The van der Waals surface area contributed by atoms with Crippen molar-refractivity contribution in [1.29, 1.82) is 0 Å². The van der Waals surface area contributed by atoms with Crippen LogP contribution in [0.15, 0.2) is 42.5 Å². The van der Waals surface area contributed by atoms with Gasteiger partial charge in [-0.15, -0.1) is 0 Å². The molecule has 0 aliphatic carbocycles. The highest BCUT2D eigenvalue weighted by Gasteiger charge is 2.35. The van der Waals surface area contributed by atoms with E-state index in [-0.39, 0.29) is 11.3 Å². The molecule has 2 aromatic rings. The Labute approximate surface area is 142 Å². The predicted octanol–water partition coefficient (Wildman–Crippen LogP) is 3.35. The van der Waals surface area contributed by atoms with Crippen molar-refractivity contribution in [2.45, 2.75) is 18.9 Å². The van der Waals surface area contributed by atoms with Crippen molar-refractivity contribution in [3.8, 4) is 0 Å². The minimum atomic E-state index is -1.08. The molecule has 0 spiro atoms. The number of halogens is 3. The van der Waals surface area contributed by atoms with Gasteiger partial charge < -0.3 is 10.2 Å². The molecular formula is C18H15F3N2O2. The second-order valence-electron chi connectivity index (χ2n) is 5.75. The lowest BCUT2D eigenvalue weighted by atomic mass is 10.1. The molecule has 25 heavy (non-hydrogen) atoms. The molecule has 1 saturated heterocycles. The van der Waals surface area contributed by atoms with E-state index in [1.165, 1.54) is 29.2 Å². The van der Waals surface area contributed by atoms with Crippen LogP contribution in [-0.2, 0) is 4.79 Å². The molecule has 0 bridgehead atoms. The second kappa shape index (κ2) is 6.96. The Morgan fingerprint density at radius 2 is 1.76 bits per heavy atom. The molecule has 7 heteroatoms. The van der Waals surface area contributed by atoms with Crippen molar-refractivity contribution in [3.63, 3.8) is 0 Å². The number of rotatable bonds is 3. The summed E-state index contributed by atoms with van der Waals surface area (Å²) < 4.78 is 40.0. The van der Waals surface area contributed by atoms with Gasteiger partial charge >= 0.3 is 0 Å². The van der Waals surface area contributed by atoms with E-state index in [1.54, 1.807) is 6.07 Å². The van der Waals surface area contributed by atoms with Crippen LogP contribution >= 0.6 is 0 Å². The summed E-state index contributed by atoms with van der Waals surface area (Å²) in [6.07, 6.45) is 1.01. The Morgan fingerprint density at radius 1 is 1.00 bits per heavy atom. The van der Waals surface area contributed by atoms with E-state index in [1.807, 2.05) is 0 Å². The van der Waals surface area contributed by atoms with Gasteiger partial charge in [-0.2, -0.15) is 0 Å². The normalized spacial score (nSPS) is 16.8. The number of likely N-dealkylation sites (tertiary alicyclic amines) is 1. The van der Waals surface area contributed by atoms with Gasteiger partial charge in [-0.3, -0.25) is 9.59 Å². The van der Waals surface area contributed by atoms with Crippen molar-refractivity contribution in [3.05, 3.63) is 65.5 Å². The van der Waals surface area contributed by atoms with Crippen LogP contribution in [-0.4, -0.2) is 29.3 Å². The molecule has 1 heterocycles. The molecule has 1 aliphatic rings. The van der Waals surface area contributed by atoms with Crippen molar-refractivity contribution >= 4 is 17.5 Å². The van der Waals surface area contributed by atoms with Crippen molar-refractivity contribution in [1.82, 2.24) is 4.90 Å². The molecule has 1 aliphatic heterocycles. The van der Waals surface area contributed by atoms with E-state index in [0.29, 0.717) is 19.4 Å². The van der Waals surface area contributed by atoms with E-state index in [2.05, 4.69) is 5.32 Å². The summed E-state index contributed by atoms with van der Waals surface area (Å²) in [4.78, 5) is 26.3. The third-order valence-electron chi connectivity index (χ3n) is 4.11. The molecule has 1 atom stereocenters. The largest absolute Gasteiger partial charge is 0.327 e. The van der Waals surface area contributed by atoms with E-state index >= 15 is 0 Å². The van der Waals surface area contributed by atoms with Gasteiger partial charge in [0.2, 0.25) is 5.91 Å². The van der Waals surface area contributed by atoms with Crippen LogP contribution in [0.25, 0.3) is 0 Å². The summed E-state index contributed by atoms with van der Waals surface area (Å²) in [5.41, 5.74) is -0.0101. The first-order chi connectivity index (χ1) is 12.0. The minimum Gasteiger partial charge on any atom is -0.327 e.